The number of oxazole rings is 1. The van der Waals surface area contributed by atoms with E-state index >= 15 is 0 Å². The number of rotatable bonds is 3. The van der Waals surface area contributed by atoms with Crippen LogP contribution in [0.15, 0.2) is 52.3 Å². The fourth-order valence-electron chi connectivity index (χ4n) is 3.03. The zero-order valence-electron chi connectivity index (χ0n) is 13.8. The van der Waals surface area contributed by atoms with Crippen LogP contribution in [-0.2, 0) is 4.74 Å². The van der Waals surface area contributed by atoms with E-state index < -0.39 is 0 Å². The van der Waals surface area contributed by atoms with Crippen LogP contribution in [0, 0.1) is 6.92 Å². The van der Waals surface area contributed by atoms with Gasteiger partial charge in [-0.05, 0) is 23.9 Å². The average Bonchev–Trinajstić information content (AvgIpc) is 3.31. The number of morpholine rings is 1. The molecule has 1 saturated heterocycles. The zero-order chi connectivity index (χ0) is 17.2. The highest BCUT2D eigenvalue weighted by Crippen LogP contribution is 2.29. The highest BCUT2D eigenvalue weighted by Gasteiger charge is 2.32. The number of thiophene rings is 1. The Bertz CT molecular complexity index is 858. The lowest BCUT2D eigenvalue weighted by molar-refractivity contribution is -0.00306. The molecule has 1 aliphatic rings. The molecule has 0 saturated carbocycles. The molecule has 3 aromatic rings. The standard InChI is InChI=1S/C19H18N2O3S/c1-13-17(20-18(24-13)16-8-5-11-25-16)19(22)21-9-10-23-12-15(21)14-6-3-2-4-7-14/h2-8,11,15H,9-10,12H2,1H3. The maximum atomic E-state index is 13.1. The van der Waals surface area contributed by atoms with Crippen molar-refractivity contribution in [3.8, 4) is 10.8 Å². The number of benzene rings is 1. The van der Waals surface area contributed by atoms with Crippen LogP contribution in [0.4, 0.5) is 0 Å². The van der Waals surface area contributed by atoms with E-state index in [-0.39, 0.29) is 11.9 Å². The average molecular weight is 354 g/mol. The smallest absolute Gasteiger partial charge is 0.276 e. The van der Waals surface area contributed by atoms with Gasteiger partial charge in [-0.25, -0.2) is 4.98 Å². The summed E-state index contributed by atoms with van der Waals surface area (Å²) in [6.45, 7) is 3.35. The minimum absolute atomic E-state index is 0.108. The highest BCUT2D eigenvalue weighted by atomic mass is 32.1. The van der Waals surface area contributed by atoms with Gasteiger partial charge in [0.2, 0.25) is 5.89 Å². The highest BCUT2D eigenvalue weighted by molar-refractivity contribution is 7.13. The van der Waals surface area contributed by atoms with Crippen molar-refractivity contribution in [1.82, 2.24) is 9.88 Å². The first-order valence-corrected chi connectivity index (χ1v) is 9.07. The van der Waals surface area contributed by atoms with Gasteiger partial charge in [-0.15, -0.1) is 11.3 Å². The van der Waals surface area contributed by atoms with E-state index in [2.05, 4.69) is 4.98 Å². The van der Waals surface area contributed by atoms with Crippen molar-refractivity contribution in [3.63, 3.8) is 0 Å². The molecule has 1 aliphatic heterocycles. The van der Waals surface area contributed by atoms with Gasteiger partial charge in [0.1, 0.15) is 5.76 Å². The lowest BCUT2D eigenvalue weighted by atomic mass is 10.0. The third kappa shape index (κ3) is 3.10. The van der Waals surface area contributed by atoms with Crippen molar-refractivity contribution in [3.05, 3.63) is 64.9 Å². The number of aromatic nitrogens is 1. The molecule has 0 spiro atoms. The molecule has 5 nitrogen and oxygen atoms in total. The Morgan fingerprint density at radius 1 is 1.24 bits per heavy atom. The first-order chi connectivity index (χ1) is 12.2. The van der Waals surface area contributed by atoms with E-state index in [1.54, 1.807) is 18.3 Å². The molecule has 1 fully saturated rings. The molecule has 6 heteroatoms. The van der Waals surface area contributed by atoms with E-state index in [1.165, 1.54) is 0 Å². The van der Waals surface area contributed by atoms with Crippen LogP contribution in [0.3, 0.4) is 0 Å². The summed E-state index contributed by atoms with van der Waals surface area (Å²) >= 11 is 1.54. The minimum atomic E-state index is -0.110. The topological polar surface area (TPSA) is 55.6 Å². The van der Waals surface area contributed by atoms with Crippen LogP contribution in [0.25, 0.3) is 10.8 Å². The minimum Gasteiger partial charge on any atom is -0.440 e. The maximum absolute atomic E-state index is 13.1. The lowest BCUT2D eigenvalue weighted by Crippen LogP contribution is -2.43. The largest absolute Gasteiger partial charge is 0.440 e. The number of hydrogen-bond donors (Lipinski definition) is 0. The first-order valence-electron chi connectivity index (χ1n) is 8.19. The number of carbonyl (C=O) groups excluding carboxylic acids is 1. The monoisotopic (exact) mass is 354 g/mol. The predicted octanol–water partition coefficient (Wildman–Crippen LogP) is 3.93. The lowest BCUT2D eigenvalue weighted by Gasteiger charge is -2.35. The van der Waals surface area contributed by atoms with Gasteiger partial charge in [0.05, 0.1) is 24.1 Å². The number of ether oxygens (including phenoxy) is 1. The molecule has 1 aromatic carbocycles. The Kier molecular flexibility index (Phi) is 4.38. The Balaban J connectivity index is 1.65. The van der Waals surface area contributed by atoms with Gasteiger partial charge in [-0.2, -0.15) is 0 Å². The Morgan fingerprint density at radius 2 is 2.08 bits per heavy atom. The van der Waals surface area contributed by atoms with Crippen LogP contribution in [0.2, 0.25) is 0 Å². The van der Waals surface area contributed by atoms with Crippen molar-refractivity contribution in [2.45, 2.75) is 13.0 Å². The van der Waals surface area contributed by atoms with E-state index in [9.17, 15) is 4.79 Å². The molecular formula is C19H18N2O3S. The molecule has 0 aliphatic carbocycles. The molecule has 128 valence electrons. The molecule has 3 heterocycles. The molecule has 0 N–H and O–H groups in total. The number of hydrogen-bond acceptors (Lipinski definition) is 5. The molecule has 1 amide bonds. The molecule has 2 aromatic heterocycles. The zero-order valence-corrected chi connectivity index (χ0v) is 14.7. The van der Waals surface area contributed by atoms with Crippen LogP contribution >= 0.6 is 11.3 Å². The summed E-state index contributed by atoms with van der Waals surface area (Å²) in [5, 5.41) is 1.96. The van der Waals surface area contributed by atoms with Crippen molar-refractivity contribution < 1.29 is 13.9 Å². The van der Waals surface area contributed by atoms with Gasteiger partial charge in [0.15, 0.2) is 5.69 Å². The van der Waals surface area contributed by atoms with Crippen LogP contribution in [0.5, 0.6) is 0 Å². The summed E-state index contributed by atoms with van der Waals surface area (Å²) in [5.41, 5.74) is 1.45. The Labute approximate surface area is 149 Å². The van der Waals surface area contributed by atoms with Gasteiger partial charge < -0.3 is 14.1 Å². The SMILES string of the molecule is Cc1oc(-c2cccs2)nc1C(=O)N1CCOCC1c1ccccc1. The second kappa shape index (κ2) is 6.82. The summed E-state index contributed by atoms with van der Waals surface area (Å²) in [6, 6.07) is 13.7. The molecule has 1 unspecified atom stereocenters. The summed E-state index contributed by atoms with van der Waals surface area (Å²) in [6.07, 6.45) is 0. The molecule has 0 radical (unpaired) electrons. The first kappa shape index (κ1) is 16.1. The predicted molar refractivity (Wildman–Crippen MR) is 95.6 cm³/mol. The van der Waals surface area contributed by atoms with Crippen LogP contribution in [0.1, 0.15) is 27.9 Å². The van der Waals surface area contributed by atoms with Gasteiger partial charge >= 0.3 is 0 Å². The molecule has 1 atom stereocenters. The summed E-state index contributed by atoms with van der Waals surface area (Å²) in [5.74, 6) is 0.938. The van der Waals surface area contributed by atoms with Crippen LogP contribution in [-0.4, -0.2) is 35.5 Å². The van der Waals surface area contributed by atoms with Crippen molar-refractivity contribution >= 4 is 17.2 Å². The normalized spacial score (nSPS) is 17.6. The van der Waals surface area contributed by atoms with Gasteiger partial charge in [0, 0.05) is 6.54 Å². The second-order valence-corrected chi connectivity index (χ2v) is 6.85. The summed E-state index contributed by atoms with van der Waals surface area (Å²) in [7, 11) is 0. The van der Waals surface area contributed by atoms with E-state index in [1.807, 2.05) is 52.7 Å². The van der Waals surface area contributed by atoms with Crippen molar-refractivity contribution in [2.75, 3.05) is 19.8 Å². The Morgan fingerprint density at radius 3 is 2.84 bits per heavy atom. The number of amides is 1. The summed E-state index contributed by atoms with van der Waals surface area (Å²) < 4.78 is 11.3. The van der Waals surface area contributed by atoms with Gasteiger partial charge in [-0.1, -0.05) is 36.4 Å². The van der Waals surface area contributed by atoms with Gasteiger partial charge in [-0.3, -0.25) is 4.79 Å². The fourth-order valence-corrected chi connectivity index (χ4v) is 3.68. The fraction of sp³-hybridized carbons (Fsp3) is 0.263. The number of aryl methyl sites for hydroxylation is 1. The van der Waals surface area contributed by atoms with E-state index in [0.29, 0.717) is 37.1 Å². The molecular weight excluding hydrogens is 336 g/mol. The second-order valence-electron chi connectivity index (χ2n) is 5.90. The van der Waals surface area contributed by atoms with E-state index in [4.69, 9.17) is 9.15 Å². The molecule has 25 heavy (non-hydrogen) atoms. The van der Waals surface area contributed by atoms with E-state index in [0.717, 1.165) is 10.4 Å². The third-order valence-electron chi connectivity index (χ3n) is 4.30. The maximum Gasteiger partial charge on any atom is 0.276 e. The third-order valence-corrected chi connectivity index (χ3v) is 5.16. The van der Waals surface area contributed by atoms with Gasteiger partial charge in [0.25, 0.3) is 5.91 Å². The van der Waals surface area contributed by atoms with Crippen molar-refractivity contribution in [1.29, 1.82) is 0 Å². The summed E-state index contributed by atoms with van der Waals surface area (Å²) in [4.78, 5) is 20.4. The molecule has 0 bridgehead atoms. The quantitative estimate of drug-likeness (QED) is 0.715. The van der Waals surface area contributed by atoms with Crippen LogP contribution < -0.4 is 0 Å². The van der Waals surface area contributed by atoms with Crippen molar-refractivity contribution in [2.24, 2.45) is 0 Å². The number of carbonyl (C=O) groups is 1. The number of nitrogens with zero attached hydrogens (tertiary/aromatic N) is 2. The molecule has 4 rings (SSSR count). The Hall–Kier alpha value is -2.44.